The van der Waals surface area contributed by atoms with Crippen LogP contribution < -0.4 is 20.3 Å². The summed E-state index contributed by atoms with van der Waals surface area (Å²) in [5.74, 6) is 0.471. The summed E-state index contributed by atoms with van der Waals surface area (Å²) in [7, 11) is 0. The number of para-hydroxylation sites is 1. The Morgan fingerprint density at radius 2 is 1.85 bits per heavy atom. The molecule has 1 aliphatic heterocycles. The molecule has 3 amide bonds. The largest absolute Gasteiger partial charge is 0.479 e. The number of amides is 3. The molecule has 1 heterocycles. The van der Waals surface area contributed by atoms with Gasteiger partial charge in [0, 0.05) is 17.9 Å². The van der Waals surface area contributed by atoms with Crippen LogP contribution in [0.2, 0.25) is 0 Å². The Bertz CT molecular complexity index is 849. The molecule has 0 radical (unpaired) electrons. The summed E-state index contributed by atoms with van der Waals surface area (Å²) in [5.41, 5.74) is 2.74. The smallest absolute Gasteiger partial charge is 0.323 e. The minimum absolute atomic E-state index is 0.133. The second-order valence-corrected chi connectivity index (χ2v) is 6.27. The molecule has 3 rings (SSSR count). The fourth-order valence-corrected chi connectivity index (χ4v) is 2.73. The van der Waals surface area contributed by atoms with Gasteiger partial charge < -0.3 is 20.3 Å². The number of carbonyl (C=O) groups excluding carboxylic acids is 2. The lowest BCUT2D eigenvalue weighted by Gasteiger charge is -2.33. The minimum Gasteiger partial charge on any atom is -0.479 e. The third-order valence-electron chi connectivity index (χ3n) is 3.88. The molecule has 0 aromatic heterocycles. The van der Waals surface area contributed by atoms with Crippen LogP contribution in [0.1, 0.15) is 13.8 Å². The number of nitrogens with zero attached hydrogens (tertiary/aromatic N) is 1. The second-order valence-electron chi connectivity index (χ2n) is 6.27. The molecule has 1 unspecified atom stereocenters. The van der Waals surface area contributed by atoms with E-state index in [1.807, 2.05) is 25.1 Å². The van der Waals surface area contributed by atoms with E-state index < -0.39 is 6.10 Å². The van der Waals surface area contributed by atoms with Crippen LogP contribution in [0.15, 0.2) is 60.7 Å². The molecule has 2 N–H and O–H groups in total. The van der Waals surface area contributed by atoms with Gasteiger partial charge in [0.1, 0.15) is 5.75 Å². The van der Waals surface area contributed by atoms with Crippen LogP contribution in [0.5, 0.6) is 5.75 Å². The van der Waals surface area contributed by atoms with Crippen molar-refractivity contribution in [2.24, 2.45) is 0 Å². The van der Waals surface area contributed by atoms with Gasteiger partial charge in [-0.15, -0.1) is 0 Å². The fraction of sp³-hybridized carbons (Fsp3) is 0.200. The van der Waals surface area contributed by atoms with E-state index in [2.05, 4.69) is 17.2 Å². The average Bonchev–Trinajstić information content (AvgIpc) is 2.60. The number of benzene rings is 2. The number of carbonyl (C=O) groups is 2. The lowest BCUT2D eigenvalue weighted by molar-refractivity contribution is -0.125. The first-order valence-electron chi connectivity index (χ1n) is 8.33. The zero-order chi connectivity index (χ0) is 18.7. The number of hydrogen-bond acceptors (Lipinski definition) is 3. The van der Waals surface area contributed by atoms with Crippen molar-refractivity contribution in [3.63, 3.8) is 0 Å². The van der Waals surface area contributed by atoms with Gasteiger partial charge in [0.15, 0.2) is 6.10 Å². The quantitative estimate of drug-likeness (QED) is 0.817. The van der Waals surface area contributed by atoms with E-state index in [4.69, 9.17) is 4.74 Å². The zero-order valence-electron chi connectivity index (χ0n) is 14.8. The maximum atomic E-state index is 12.5. The molecule has 0 saturated heterocycles. The molecule has 0 saturated carbocycles. The highest BCUT2D eigenvalue weighted by atomic mass is 16.5. The Labute approximate surface area is 152 Å². The Balaban J connectivity index is 1.80. The predicted octanol–water partition coefficient (Wildman–Crippen LogP) is 4.02. The van der Waals surface area contributed by atoms with Gasteiger partial charge in [0.05, 0.1) is 5.69 Å². The fourth-order valence-electron chi connectivity index (χ4n) is 2.73. The summed E-state index contributed by atoms with van der Waals surface area (Å²) in [6.07, 6.45) is -0.554. The van der Waals surface area contributed by atoms with Gasteiger partial charge in [-0.05, 0) is 44.2 Å². The van der Waals surface area contributed by atoms with E-state index in [0.29, 0.717) is 29.4 Å². The van der Waals surface area contributed by atoms with Crippen LogP contribution in [0.4, 0.5) is 21.9 Å². The first kappa shape index (κ1) is 17.5. The third kappa shape index (κ3) is 3.85. The van der Waals surface area contributed by atoms with E-state index in [1.54, 1.807) is 42.2 Å². The van der Waals surface area contributed by atoms with E-state index in [0.717, 1.165) is 5.57 Å². The molecule has 26 heavy (non-hydrogen) atoms. The van der Waals surface area contributed by atoms with Gasteiger partial charge in [-0.2, -0.15) is 0 Å². The van der Waals surface area contributed by atoms with Crippen LogP contribution in [0.25, 0.3) is 0 Å². The van der Waals surface area contributed by atoms with Gasteiger partial charge >= 0.3 is 6.03 Å². The van der Waals surface area contributed by atoms with Gasteiger partial charge in [0.2, 0.25) is 0 Å². The number of hydrogen-bond donors (Lipinski definition) is 2. The zero-order valence-corrected chi connectivity index (χ0v) is 14.8. The summed E-state index contributed by atoms with van der Waals surface area (Å²) in [4.78, 5) is 26.3. The molecule has 134 valence electrons. The predicted molar refractivity (Wildman–Crippen MR) is 103 cm³/mol. The normalized spacial score (nSPS) is 15.7. The highest BCUT2D eigenvalue weighted by Gasteiger charge is 2.31. The lowest BCUT2D eigenvalue weighted by atomic mass is 10.1. The van der Waals surface area contributed by atoms with E-state index in [1.165, 1.54) is 0 Å². The molecule has 1 aliphatic rings. The molecule has 2 aromatic rings. The third-order valence-corrected chi connectivity index (χ3v) is 3.88. The van der Waals surface area contributed by atoms with E-state index in [9.17, 15) is 9.59 Å². The lowest BCUT2D eigenvalue weighted by Crippen LogP contribution is -2.45. The van der Waals surface area contributed by atoms with Crippen molar-refractivity contribution in [2.75, 3.05) is 22.1 Å². The maximum absolute atomic E-state index is 12.5. The first-order chi connectivity index (χ1) is 12.4. The molecular weight excluding hydrogens is 330 g/mol. The topological polar surface area (TPSA) is 70.7 Å². The standard InChI is InChI=1S/C20H21N3O3/c1-13(2)12-23-17-11-16(9-10-18(17)26-14(3)19(23)24)22-20(25)21-15-7-5-4-6-8-15/h4-11,14H,1,12H2,2-3H3,(H2,21,22,25). The molecular formula is C20H21N3O3. The maximum Gasteiger partial charge on any atom is 0.323 e. The van der Waals surface area contributed by atoms with Crippen LogP contribution >= 0.6 is 0 Å². The van der Waals surface area contributed by atoms with Crippen LogP contribution in [0.3, 0.4) is 0 Å². The van der Waals surface area contributed by atoms with Crippen molar-refractivity contribution in [2.45, 2.75) is 20.0 Å². The van der Waals surface area contributed by atoms with Gasteiger partial charge in [-0.25, -0.2) is 4.79 Å². The molecule has 1 atom stereocenters. The highest BCUT2D eigenvalue weighted by molar-refractivity contribution is 6.03. The average molecular weight is 351 g/mol. The first-order valence-corrected chi connectivity index (χ1v) is 8.33. The Morgan fingerprint density at radius 3 is 2.54 bits per heavy atom. The Morgan fingerprint density at radius 1 is 1.15 bits per heavy atom. The van der Waals surface area contributed by atoms with E-state index in [-0.39, 0.29) is 11.9 Å². The van der Waals surface area contributed by atoms with Gasteiger partial charge in [-0.1, -0.05) is 30.4 Å². The number of ether oxygens (including phenoxy) is 1. The molecule has 6 heteroatoms. The van der Waals surface area contributed by atoms with Crippen LogP contribution in [0, 0.1) is 0 Å². The Kier molecular flexibility index (Phi) is 4.93. The summed E-state index contributed by atoms with van der Waals surface area (Å²) < 4.78 is 5.66. The SMILES string of the molecule is C=C(C)CN1C(=O)C(C)Oc2ccc(NC(=O)Nc3ccccc3)cc21. The van der Waals surface area contributed by atoms with Crippen molar-refractivity contribution in [3.05, 3.63) is 60.7 Å². The summed E-state index contributed by atoms with van der Waals surface area (Å²) in [5, 5.41) is 5.53. The molecule has 0 bridgehead atoms. The summed E-state index contributed by atoms with van der Waals surface area (Å²) in [6.45, 7) is 7.87. The van der Waals surface area contributed by atoms with Crippen LogP contribution in [-0.2, 0) is 4.79 Å². The molecule has 2 aromatic carbocycles. The molecule has 0 aliphatic carbocycles. The molecule has 0 spiro atoms. The summed E-state index contributed by atoms with van der Waals surface area (Å²) in [6, 6.07) is 14.0. The molecule has 0 fully saturated rings. The van der Waals surface area contributed by atoms with E-state index >= 15 is 0 Å². The van der Waals surface area contributed by atoms with Gasteiger partial charge in [0.25, 0.3) is 5.91 Å². The van der Waals surface area contributed by atoms with Crippen LogP contribution in [-0.4, -0.2) is 24.6 Å². The number of nitrogens with one attached hydrogen (secondary N) is 2. The summed E-state index contributed by atoms with van der Waals surface area (Å²) >= 11 is 0. The molecule has 6 nitrogen and oxygen atoms in total. The number of rotatable bonds is 4. The monoisotopic (exact) mass is 351 g/mol. The Hall–Kier alpha value is -3.28. The minimum atomic E-state index is -0.554. The number of fused-ring (bicyclic) bond motifs is 1. The number of urea groups is 1. The van der Waals surface area contributed by atoms with Crippen molar-refractivity contribution >= 4 is 29.0 Å². The highest BCUT2D eigenvalue weighted by Crippen LogP contribution is 2.36. The van der Waals surface area contributed by atoms with Crippen molar-refractivity contribution in [1.29, 1.82) is 0 Å². The van der Waals surface area contributed by atoms with Crippen molar-refractivity contribution in [3.8, 4) is 5.75 Å². The van der Waals surface area contributed by atoms with Crippen molar-refractivity contribution < 1.29 is 14.3 Å². The second kappa shape index (κ2) is 7.31. The number of anilines is 3. The van der Waals surface area contributed by atoms with Crippen molar-refractivity contribution in [1.82, 2.24) is 0 Å². The van der Waals surface area contributed by atoms with Gasteiger partial charge in [-0.3, -0.25) is 4.79 Å².